The maximum atomic E-state index is 6.02. The minimum absolute atomic E-state index is 0.0494. The van der Waals surface area contributed by atoms with Crippen LogP contribution in [0.3, 0.4) is 0 Å². The van der Waals surface area contributed by atoms with E-state index >= 15 is 0 Å². The van der Waals surface area contributed by atoms with Gasteiger partial charge in [-0.15, -0.1) is 0 Å². The Morgan fingerprint density at radius 2 is 2.00 bits per heavy atom. The zero-order valence-corrected chi connectivity index (χ0v) is 13.3. The van der Waals surface area contributed by atoms with Crippen molar-refractivity contribution in [2.24, 2.45) is 5.73 Å². The first-order chi connectivity index (χ1) is 9.77. The van der Waals surface area contributed by atoms with Crippen molar-refractivity contribution in [1.82, 2.24) is 0 Å². The number of furan rings is 1. The lowest BCUT2D eigenvalue weighted by Crippen LogP contribution is -2.34. The molecule has 1 aromatic carbocycles. The van der Waals surface area contributed by atoms with Crippen molar-refractivity contribution in [3.05, 3.63) is 52.9 Å². The number of hydrogen-bond acceptors (Lipinski definition) is 3. The number of nitrogens with zero attached hydrogens (tertiary/aromatic N) is 1. The summed E-state index contributed by atoms with van der Waals surface area (Å²) in [6, 6.07) is 12.3. The molecule has 0 amide bonds. The summed E-state index contributed by atoms with van der Waals surface area (Å²) in [7, 11) is 0. The Morgan fingerprint density at radius 1 is 1.25 bits per heavy atom. The van der Waals surface area contributed by atoms with Gasteiger partial charge in [-0.2, -0.15) is 0 Å². The summed E-state index contributed by atoms with van der Waals surface area (Å²) in [4.78, 5) is 2.33. The number of hydrogen-bond donors (Lipinski definition) is 1. The zero-order valence-electron chi connectivity index (χ0n) is 11.8. The van der Waals surface area contributed by atoms with E-state index < -0.39 is 0 Å². The molecule has 0 saturated carbocycles. The van der Waals surface area contributed by atoms with Crippen LogP contribution in [0.4, 0.5) is 5.69 Å². The summed E-state index contributed by atoms with van der Waals surface area (Å²) >= 11 is 3.54. The highest BCUT2D eigenvalue weighted by atomic mass is 79.9. The van der Waals surface area contributed by atoms with Crippen LogP contribution in [0.25, 0.3) is 0 Å². The van der Waals surface area contributed by atoms with Crippen LogP contribution in [-0.4, -0.2) is 13.1 Å². The molecule has 1 atom stereocenters. The van der Waals surface area contributed by atoms with Crippen LogP contribution in [-0.2, 0) is 0 Å². The molecule has 0 aliphatic rings. The van der Waals surface area contributed by atoms with Gasteiger partial charge >= 0.3 is 0 Å². The van der Waals surface area contributed by atoms with Gasteiger partial charge in [0.2, 0.25) is 0 Å². The Hall–Kier alpha value is -1.26. The molecule has 108 valence electrons. The van der Waals surface area contributed by atoms with E-state index in [4.69, 9.17) is 10.2 Å². The van der Waals surface area contributed by atoms with E-state index in [0.717, 1.165) is 29.6 Å². The van der Waals surface area contributed by atoms with Crippen molar-refractivity contribution < 1.29 is 4.42 Å². The SMILES string of the molecule is CCCCN(c1ccccc1)C(CN)c1occc1Br. The first-order valence-corrected chi connectivity index (χ1v) is 7.81. The van der Waals surface area contributed by atoms with Gasteiger partial charge in [-0.1, -0.05) is 31.5 Å². The molecule has 2 N–H and O–H groups in total. The molecule has 20 heavy (non-hydrogen) atoms. The van der Waals surface area contributed by atoms with E-state index in [1.54, 1.807) is 6.26 Å². The highest BCUT2D eigenvalue weighted by Crippen LogP contribution is 2.32. The van der Waals surface area contributed by atoms with E-state index in [1.807, 2.05) is 12.1 Å². The highest BCUT2D eigenvalue weighted by molar-refractivity contribution is 9.10. The molecule has 3 nitrogen and oxygen atoms in total. The fourth-order valence-electron chi connectivity index (χ4n) is 2.33. The zero-order chi connectivity index (χ0) is 14.4. The summed E-state index contributed by atoms with van der Waals surface area (Å²) in [6.45, 7) is 3.68. The molecule has 0 radical (unpaired) electrons. The topological polar surface area (TPSA) is 42.4 Å². The van der Waals surface area contributed by atoms with Gasteiger partial charge in [-0.05, 0) is 40.5 Å². The van der Waals surface area contributed by atoms with E-state index in [0.29, 0.717) is 6.54 Å². The first kappa shape index (κ1) is 15.1. The number of anilines is 1. The predicted octanol–water partition coefficient (Wildman–Crippen LogP) is 4.35. The molecule has 2 aromatic rings. The van der Waals surface area contributed by atoms with Crippen LogP contribution >= 0.6 is 15.9 Å². The maximum Gasteiger partial charge on any atom is 0.141 e. The third-order valence-corrected chi connectivity index (χ3v) is 4.04. The molecule has 0 fully saturated rings. The number of nitrogens with two attached hydrogens (primary N) is 1. The summed E-state index contributed by atoms with van der Waals surface area (Å²) in [5.41, 5.74) is 7.20. The number of halogens is 1. The smallest absolute Gasteiger partial charge is 0.141 e. The molecule has 0 aliphatic heterocycles. The second-order valence-corrected chi connectivity index (χ2v) is 5.62. The van der Waals surface area contributed by atoms with Crippen LogP contribution in [0.2, 0.25) is 0 Å². The quantitative estimate of drug-likeness (QED) is 0.817. The summed E-state index contributed by atoms with van der Waals surface area (Å²) < 4.78 is 6.61. The Labute approximate surface area is 128 Å². The minimum atomic E-state index is 0.0494. The second kappa shape index (κ2) is 7.50. The van der Waals surface area contributed by atoms with Gasteiger partial charge in [0.1, 0.15) is 11.8 Å². The second-order valence-electron chi connectivity index (χ2n) is 4.77. The molecule has 2 rings (SSSR count). The van der Waals surface area contributed by atoms with Crippen molar-refractivity contribution in [3.8, 4) is 0 Å². The number of para-hydroxylation sites is 1. The number of unbranched alkanes of at least 4 members (excludes halogenated alkanes) is 1. The summed E-state index contributed by atoms with van der Waals surface area (Å²) in [5.74, 6) is 0.896. The standard InChI is InChI=1S/C16H21BrN2O/c1-2-3-10-19(13-7-5-4-6-8-13)15(12-18)16-14(17)9-11-20-16/h4-9,11,15H,2-3,10,12,18H2,1H3. The number of rotatable bonds is 7. The fourth-order valence-corrected chi connectivity index (χ4v) is 2.80. The van der Waals surface area contributed by atoms with Crippen molar-refractivity contribution in [1.29, 1.82) is 0 Å². The van der Waals surface area contributed by atoms with Crippen molar-refractivity contribution >= 4 is 21.6 Å². The van der Waals surface area contributed by atoms with Crippen molar-refractivity contribution in [2.45, 2.75) is 25.8 Å². The minimum Gasteiger partial charge on any atom is -0.466 e. The molecular formula is C16H21BrN2O. The average molecular weight is 337 g/mol. The molecule has 1 unspecified atom stereocenters. The van der Waals surface area contributed by atoms with Gasteiger partial charge in [0.05, 0.1) is 10.7 Å². The Bertz CT molecular complexity index is 512. The Kier molecular flexibility index (Phi) is 5.68. The molecule has 4 heteroatoms. The largest absolute Gasteiger partial charge is 0.466 e. The van der Waals surface area contributed by atoms with Gasteiger partial charge in [0, 0.05) is 18.8 Å². The van der Waals surface area contributed by atoms with Crippen LogP contribution < -0.4 is 10.6 Å². The lowest BCUT2D eigenvalue weighted by molar-refractivity contribution is 0.445. The monoisotopic (exact) mass is 336 g/mol. The molecule has 0 spiro atoms. The molecule has 1 heterocycles. The Morgan fingerprint density at radius 3 is 2.55 bits per heavy atom. The van der Waals surface area contributed by atoms with Gasteiger partial charge in [-0.3, -0.25) is 0 Å². The van der Waals surface area contributed by atoms with Gasteiger partial charge < -0.3 is 15.1 Å². The molecule has 0 bridgehead atoms. The van der Waals surface area contributed by atoms with E-state index in [9.17, 15) is 0 Å². The van der Waals surface area contributed by atoms with Gasteiger partial charge in [-0.25, -0.2) is 0 Å². The summed E-state index contributed by atoms with van der Waals surface area (Å²) in [5, 5.41) is 0. The van der Waals surface area contributed by atoms with Gasteiger partial charge in [0.15, 0.2) is 0 Å². The van der Waals surface area contributed by atoms with Crippen LogP contribution in [0.15, 0.2) is 51.6 Å². The van der Waals surface area contributed by atoms with Crippen LogP contribution in [0.5, 0.6) is 0 Å². The average Bonchev–Trinajstić information content (AvgIpc) is 2.90. The Balaban J connectivity index is 2.31. The van der Waals surface area contributed by atoms with E-state index in [1.165, 1.54) is 5.69 Å². The van der Waals surface area contributed by atoms with Crippen molar-refractivity contribution in [2.75, 3.05) is 18.0 Å². The lowest BCUT2D eigenvalue weighted by Gasteiger charge is -2.32. The molecular weight excluding hydrogens is 316 g/mol. The fraction of sp³-hybridized carbons (Fsp3) is 0.375. The molecule has 0 aliphatic carbocycles. The normalized spacial score (nSPS) is 12.3. The van der Waals surface area contributed by atoms with Gasteiger partial charge in [0.25, 0.3) is 0 Å². The third-order valence-electron chi connectivity index (χ3n) is 3.39. The van der Waals surface area contributed by atoms with E-state index in [-0.39, 0.29) is 6.04 Å². The van der Waals surface area contributed by atoms with E-state index in [2.05, 4.69) is 52.0 Å². The lowest BCUT2D eigenvalue weighted by atomic mass is 10.1. The van der Waals surface area contributed by atoms with Crippen LogP contribution in [0.1, 0.15) is 31.6 Å². The maximum absolute atomic E-state index is 6.02. The third kappa shape index (κ3) is 3.44. The van der Waals surface area contributed by atoms with Crippen LogP contribution in [0, 0.1) is 0 Å². The van der Waals surface area contributed by atoms with Crippen molar-refractivity contribution in [3.63, 3.8) is 0 Å². The highest BCUT2D eigenvalue weighted by Gasteiger charge is 2.23. The first-order valence-electron chi connectivity index (χ1n) is 7.02. The molecule has 1 aromatic heterocycles. The predicted molar refractivity (Wildman–Crippen MR) is 86.9 cm³/mol. The summed E-state index contributed by atoms with van der Waals surface area (Å²) in [6.07, 6.45) is 3.98. The number of benzene rings is 1. The molecule has 0 saturated heterocycles.